The summed E-state index contributed by atoms with van der Waals surface area (Å²) in [5, 5.41) is 0. The van der Waals surface area contributed by atoms with Crippen molar-refractivity contribution >= 4 is 0 Å². The highest BCUT2D eigenvalue weighted by molar-refractivity contribution is 5.14. The standard InChI is InChI=1S/C17H28O/c1-4-5-6-7-8-9-10-11-12-16-13-14-17(18-16)15(2)3/h16H,4-10,13-14H2,1-3H3. The van der Waals surface area contributed by atoms with E-state index in [9.17, 15) is 0 Å². The molecule has 1 rings (SSSR count). The maximum absolute atomic E-state index is 5.79. The quantitative estimate of drug-likeness (QED) is 0.463. The van der Waals surface area contributed by atoms with E-state index in [2.05, 4.69) is 32.6 Å². The van der Waals surface area contributed by atoms with E-state index in [-0.39, 0.29) is 6.10 Å². The van der Waals surface area contributed by atoms with Crippen molar-refractivity contribution in [2.75, 3.05) is 0 Å². The van der Waals surface area contributed by atoms with E-state index in [0.717, 1.165) is 25.0 Å². The number of hydrogen-bond donors (Lipinski definition) is 0. The molecule has 1 heterocycles. The zero-order valence-electron chi connectivity index (χ0n) is 12.3. The van der Waals surface area contributed by atoms with Crippen LogP contribution in [0.1, 0.15) is 78.6 Å². The summed E-state index contributed by atoms with van der Waals surface area (Å²) in [5.74, 6) is 7.70. The van der Waals surface area contributed by atoms with Gasteiger partial charge in [-0.2, -0.15) is 0 Å². The Morgan fingerprint density at radius 1 is 1.17 bits per heavy atom. The molecule has 0 amide bonds. The number of unbranched alkanes of at least 4 members (excludes halogenated alkanes) is 6. The highest BCUT2D eigenvalue weighted by Crippen LogP contribution is 2.25. The fourth-order valence-electron chi connectivity index (χ4n) is 2.20. The third-order valence-corrected chi connectivity index (χ3v) is 3.39. The maximum atomic E-state index is 5.79. The molecular weight excluding hydrogens is 220 g/mol. The first-order chi connectivity index (χ1) is 8.74. The van der Waals surface area contributed by atoms with Gasteiger partial charge in [0.2, 0.25) is 0 Å². The minimum atomic E-state index is 0.162. The summed E-state index contributed by atoms with van der Waals surface area (Å²) < 4.78 is 5.79. The first-order valence-corrected chi connectivity index (χ1v) is 7.55. The molecule has 18 heavy (non-hydrogen) atoms. The predicted octanol–water partition coefficient (Wildman–Crippen LogP) is 5.21. The maximum Gasteiger partial charge on any atom is 0.159 e. The van der Waals surface area contributed by atoms with E-state index >= 15 is 0 Å². The number of ether oxygens (including phenoxy) is 1. The molecule has 102 valence electrons. The zero-order chi connectivity index (χ0) is 13.2. The second kappa shape index (κ2) is 9.09. The van der Waals surface area contributed by atoms with Crippen LogP contribution in [-0.4, -0.2) is 6.10 Å². The first-order valence-electron chi connectivity index (χ1n) is 7.55. The van der Waals surface area contributed by atoms with Crippen molar-refractivity contribution in [2.24, 2.45) is 0 Å². The summed E-state index contributed by atoms with van der Waals surface area (Å²) in [5.41, 5.74) is 1.30. The Kier molecular flexibility index (Phi) is 7.65. The van der Waals surface area contributed by atoms with Crippen molar-refractivity contribution in [3.8, 4) is 11.8 Å². The van der Waals surface area contributed by atoms with Crippen LogP contribution in [0, 0.1) is 11.8 Å². The Morgan fingerprint density at radius 2 is 1.89 bits per heavy atom. The van der Waals surface area contributed by atoms with E-state index in [4.69, 9.17) is 4.74 Å². The molecule has 0 N–H and O–H groups in total. The van der Waals surface area contributed by atoms with Crippen molar-refractivity contribution in [3.63, 3.8) is 0 Å². The molecule has 0 radical (unpaired) electrons. The van der Waals surface area contributed by atoms with Crippen LogP contribution in [0.4, 0.5) is 0 Å². The minimum absolute atomic E-state index is 0.162. The molecule has 0 saturated carbocycles. The highest BCUT2D eigenvalue weighted by Gasteiger charge is 2.18. The molecule has 1 unspecified atom stereocenters. The van der Waals surface area contributed by atoms with Gasteiger partial charge in [-0.3, -0.25) is 0 Å². The number of rotatable bonds is 6. The summed E-state index contributed by atoms with van der Waals surface area (Å²) in [4.78, 5) is 0. The van der Waals surface area contributed by atoms with Gasteiger partial charge in [-0.1, -0.05) is 50.9 Å². The lowest BCUT2D eigenvalue weighted by Gasteiger charge is -2.04. The smallest absolute Gasteiger partial charge is 0.159 e. The van der Waals surface area contributed by atoms with Crippen LogP contribution in [0.25, 0.3) is 0 Å². The molecule has 0 aromatic heterocycles. The van der Waals surface area contributed by atoms with Crippen LogP contribution >= 0.6 is 0 Å². The zero-order valence-corrected chi connectivity index (χ0v) is 12.3. The molecule has 1 fully saturated rings. The molecule has 1 heteroatoms. The molecule has 0 aliphatic carbocycles. The van der Waals surface area contributed by atoms with Gasteiger partial charge in [-0.15, -0.1) is 0 Å². The minimum Gasteiger partial charge on any atom is -0.482 e. The first kappa shape index (κ1) is 15.2. The van der Waals surface area contributed by atoms with Crippen LogP contribution in [0.2, 0.25) is 0 Å². The van der Waals surface area contributed by atoms with Crippen LogP contribution in [0.3, 0.4) is 0 Å². The lowest BCUT2D eigenvalue weighted by molar-refractivity contribution is 0.206. The number of allylic oxidation sites excluding steroid dienone is 2. The van der Waals surface area contributed by atoms with E-state index in [0.29, 0.717) is 0 Å². The van der Waals surface area contributed by atoms with Gasteiger partial charge in [0, 0.05) is 19.3 Å². The Bertz CT molecular complexity index is 312. The summed E-state index contributed by atoms with van der Waals surface area (Å²) in [6, 6.07) is 0. The average Bonchev–Trinajstić information content (AvgIpc) is 2.81. The largest absolute Gasteiger partial charge is 0.482 e. The third kappa shape index (κ3) is 6.15. The van der Waals surface area contributed by atoms with Crippen LogP contribution < -0.4 is 0 Å². The van der Waals surface area contributed by atoms with E-state index in [1.807, 2.05) is 0 Å². The molecule has 0 aromatic carbocycles. The second-order valence-electron chi connectivity index (χ2n) is 5.41. The van der Waals surface area contributed by atoms with Gasteiger partial charge in [0.25, 0.3) is 0 Å². The van der Waals surface area contributed by atoms with Crippen LogP contribution in [-0.2, 0) is 4.74 Å². The average molecular weight is 248 g/mol. The van der Waals surface area contributed by atoms with Crippen molar-refractivity contribution in [1.82, 2.24) is 0 Å². The number of hydrogen-bond acceptors (Lipinski definition) is 1. The molecule has 1 saturated heterocycles. The predicted molar refractivity (Wildman–Crippen MR) is 78.3 cm³/mol. The lowest BCUT2D eigenvalue weighted by Crippen LogP contribution is -1.99. The van der Waals surface area contributed by atoms with Gasteiger partial charge in [0.15, 0.2) is 6.10 Å². The van der Waals surface area contributed by atoms with Gasteiger partial charge in [-0.05, 0) is 25.8 Å². The van der Waals surface area contributed by atoms with E-state index < -0.39 is 0 Å². The fraction of sp³-hybridized carbons (Fsp3) is 0.765. The Morgan fingerprint density at radius 3 is 2.56 bits per heavy atom. The monoisotopic (exact) mass is 248 g/mol. The van der Waals surface area contributed by atoms with Crippen molar-refractivity contribution in [3.05, 3.63) is 11.3 Å². The van der Waals surface area contributed by atoms with Crippen LogP contribution in [0.5, 0.6) is 0 Å². The molecule has 1 atom stereocenters. The SMILES string of the molecule is CCCCCCCCC#CC1CCC(=C(C)C)O1. The van der Waals surface area contributed by atoms with Gasteiger partial charge in [-0.25, -0.2) is 0 Å². The van der Waals surface area contributed by atoms with Gasteiger partial charge < -0.3 is 4.74 Å². The second-order valence-corrected chi connectivity index (χ2v) is 5.41. The van der Waals surface area contributed by atoms with Crippen molar-refractivity contribution in [1.29, 1.82) is 0 Å². The van der Waals surface area contributed by atoms with Crippen molar-refractivity contribution < 1.29 is 4.74 Å². The summed E-state index contributed by atoms with van der Waals surface area (Å²) in [6.07, 6.45) is 11.4. The lowest BCUT2D eigenvalue weighted by atomic mass is 10.1. The van der Waals surface area contributed by atoms with Gasteiger partial charge >= 0.3 is 0 Å². The molecular formula is C17H28O. The third-order valence-electron chi connectivity index (χ3n) is 3.39. The van der Waals surface area contributed by atoms with Crippen LogP contribution in [0.15, 0.2) is 11.3 Å². The molecule has 1 aliphatic heterocycles. The van der Waals surface area contributed by atoms with E-state index in [1.54, 1.807) is 0 Å². The topological polar surface area (TPSA) is 9.23 Å². The molecule has 1 aliphatic rings. The van der Waals surface area contributed by atoms with Crippen molar-refractivity contribution in [2.45, 2.75) is 84.7 Å². The summed E-state index contributed by atoms with van der Waals surface area (Å²) >= 11 is 0. The fourth-order valence-corrected chi connectivity index (χ4v) is 2.20. The summed E-state index contributed by atoms with van der Waals surface area (Å²) in [6.45, 7) is 6.48. The molecule has 1 nitrogen and oxygen atoms in total. The summed E-state index contributed by atoms with van der Waals surface area (Å²) in [7, 11) is 0. The van der Waals surface area contributed by atoms with E-state index in [1.165, 1.54) is 44.1 Å². The Hall–Kier alpha value is -0.900. The Balaban J connectivity index is 2.07. The van der Waals surface area contributed by atoms with Gasteiger partial charge in [0.1, 0.15) is 0 Å². The van der Waals surface area contributed by atoms with Gasteiger partial charge in [0.05, 0.1) is 5.76 Å². The molecule has 0 aromatic rings. The normalized spacial score (nSPS) is 18.2. The molecule has 0 bridgehead atoms. The highest BCUT2D eigenvalue weighted by atomic mass is 16.5. The molecule has 0 spiro atoms. The Labute approximate surface area is 113 Å².